The van der Waals surface area contributed by atoms with E-state index in [9.17, 15) is 23.3 Å². The molecule has 0 spiro atoms. The van der Waals surface area contributed by atoms with Crippen molar-refractivity contribution in [2.45, 2.75) is 10.9 Å². The van der Waals surface area contributed by atoms with Crippen LogP contribution in [0.5, 0.6) is 0 Å². The van der Waals surface area contributed by atoms with Crippen molar-refractivity contribution in [3.05, 3.63) is 81.9 Å². The number of carbonyl (C=O) groups excluding carboxylic acids is 1. The molecule has 140 valence electrons. The summed E-state index contributed by atoms with van der Waals surface area (Å²) in [5, 5.41) is 10.8. The van der Waals surface area contributed by atoms with E-state index in [0.29, 0.717) is 5.56 Å². The number of nitrogens with zero attached hydrogens (tertiary/aromatic N) is 2. The van der Waals surface area contributed by atoms with Gasteiger partial charge in [0.05, 0.1) is 28.5 Å². The summed E-state index contributed by atoms with van der Waals surface area (Å²) in [6.07, 6.45) is 1.52. The van der Waals surface area contributed by atoms with E-state index in [0.717, 1.165) is 12.1 Å². The molecule has 1 aliphatic rings. The van der Waals surface area contributed by atoms with Crippen LogP contribution >= 0.6 is 0 Å². The number of benzene rings is 2. The Morgan fingerprint density at radius 3 is 2.33 bits per heavy atom. The van der Waals surface area contributed by atoms with Crippen LogP contribution in [-0.4, -0.2) is 37.3 Å². The Balaban J connectivity index is 2.03. The Labute approximate surface area is 155 Å². The number of esters is 1. The summed E-state index contributed by atoms with van der Waals surface area (Å²) in [5.74, 6) is -0.606. The minimum Gasteiger partial charge on any atom is -0.466 e. The average molecular weight is 388 g/mol. The Kier molecular flexibility index (Phi) is 5.06. The van der Waals surface area contributed by atoms with Gasteiger partial charge >= 0.3 is 5.97 Å². The highest BCUT2D eigenvalue weighted by molar-refractivity contribution is 7.89. The van der Waals surface area contributed by atoms with Crippen LogP contribution < -0.4 is 0 Å². The molecule has 0 saturated carbocycles. The summed E-state index contributed by atoms with van der Waals surface area (Å²) >= 11 is 0. The first-order valence-electron chi connectivity index (χ1n) is 7.96. The number of non-ortho nitro benzene ring substituents is 1. The zero-order chi connectivity index (χ0) is 19.6. The van der Waals surface area contributed by atoms with Crippen molar-refractivity contribution in [2.24, 2.45) is 0 Å². The van der Waals surface area contributed by atoms with E-state index >= 15 is 0 Å². The second-order valence-corrected chi connectivity index (χ2v) is 7.68. The molecule has 0 N–H and O–H groups in total. The van der Waals surface area contributed by atoms with Gasteiger partial charge in [0.15, 0.2) is 0 Å². The third kappa shape index (κ3) is 3.46. The highest BCUT2D eigenvalue weighted by atomic mass is 32.2. The highest BCUT2D eigenvalue weighted by Crippen LogP contribution is 2.38. The monoisotopic (exact) mass is 388 g/mol. The van der Waals surface area contributed by atoms with E-state index in [1.54, 1.807) is 30.3 Å². The molecule has 0 saturated heterocycles. The van der Waals surface area contributed by atoms with Crippen LogP contribution in [-0.2, 0) is 19.6 Å². The second-order valence-electron chi connectivity index (χ2n) is 5.79. The van der Waals surface area contributed by atoms with Crippen LogP contribution in [0.25, 0.3) is 0 Å². The van der Waals surface area contributed by atoms with Gasteiger partial charge in [-0.1, -0.05) is 36.4 Å². The first-order chi connectivity index (χ1) is 12.9. The normalized spacial score (nSPS) is 17.4. The Morgan fingerprint density at radius 2 is 1.78 bits per heavy atom. The van der Waals surface area contributed by atoms with Gasteiger partial charge < -0.3 is 4.74 Å². The van der Waals surface area contributed by atoms with Crippen LogP contribution in [0.1, 0.15) is 11.6 Å². The van der Waals surface area contributed by atoms with Gasteiger partial charge in [0.1, 0.15) is 0 Å². The Morgan fingerprint density at radius 1 is 1.15 bits per heavy atom. The molecule has 1 atom stereocenters. The van der Waals surface area contributed by atoms with Gasteiger partial charge in [-0.3, -0.25) is 10.1 Å². The topological polar surface area (TPSA) is 107 Å². The summed E-state index contributed by atoms with van der Waals surface area (Å²) in [6.45, 7) is -0.0106. The number of nitro groups is 1. The fourth-order valence-electron chi connectivity index (χ4n) is 2.97. The number of carbonyl (C=O) groups is 1. The molecule has 1 unspecified atom stereocenters. The molecule has 8 nitrogen and oxygen atoms in total. The maximum absolute atomic E-state index is 13.1. The average Bonchev–Trinajstić information content (AvgIpc) is 3.14. The molecule has 0 aliphatic carbocycles. The molecule has 3 rings (SSSR count). The van der Waals surface area contributed by atoms with Crippen LogP contribution in [0, 0.1) is 10.1 Å². The third-order valence-corrected chi connectivity index (χ3v) is 6.11. The summed E-state index contributed by atoms with van der Waals surface area (Å²) in [7, 11) is -2.77. The van der Waals surface area contributed by atoms with Crippen molar-refractivity contribution in [3.63, 3.8) is 0 Å². The van der Waals surface area contributed by atoms with E-state index < -0.39 is 27.0 Å². The first-order valence-corrected chi connectivity index (χ1v) is 9.40. The molecule has 1 heterocycles. The zero-order valence-electron chi connectivity index (χ0n) is 14.3. The Hall–Kier alpha value is -3.04. The van der Waals surface area contributed by atoms with Gasteiger partial charge in [0, 0.05) is 18.7 Å². The number of ether oxygens (including phenoxy) is 1. The van der Waals surface area contributed by atoms with E-state index in [2.05, 4.69) is 0 Å². The molecule has 0 amide bonds. The van der Waals surface area contributed by atoms with Gasteiger partial charge in [-0.15, -0.1) is 0 Å². The lowest BCUT2D eigenvalue weighted by Crippen LogP contribution is -2.33. The van der Waals surface area contributed by atoms with Crippen molar-refractivity contribution >= 4 is 21.7 Å². The van der Waals surface area contributed by atoms with E-state index in [1.807, 2.05) is 0 Å². The molecule has 0 aromatic heterocycles. The SMILES string of the molecule is COC(=O)C1=CCN(S(=O)(=O)c2ccc([N+](=O)[O-])cc2)C1c1ccccc1. The molecule has 0 fully saturated rings. The van der Waals surface area contributed by atoms with Gasteiger partial charge in [0.2, 0.25) is 10.0 Å². The molecule has 2 aromatic rings. The van der Waals surface area contributed by atoms with Crippen LogP contribution in [0.3, 0.4) is 0 Å². The smallest absolute Gasteiger partial charge is 0.335 e. The summed E-state index contributed by atoms with van der Waals surface area (Å²) in [4.78, 5) is 22.2. The van der Waals surface area contributed by atoms with Gasteiger partial charge in [0.25, 0.3) is 5.69 Å². The largest absolute Gasteiger partial charge is 0.466 e. The Bertz CT molecular complexity index is 1000. The molecule has 0 bridgehead atoms. The molecule has 9 heteroatoms. The number of hydrogen-bond acceptors (Lipinski definition) is 6. The van der Waals surface area contributed by atoms with Gasteiger partial charge in [-0.05, 0) is 17.7 Å². The summed E-state index contributed by atoms with van der Waals surface area (Å²) < 4.78 is 32.2. The molecule has 27 heavy (non-hydrogen) atoms. The fraction of sp³-hybridized carbons (Fsp3) is 0.167. The van der Waals surface area contributed by atoms with Crippen LogP contribution in [0.4, 0.5) is 5.69 Å². The highest BCUT2D eigenvalue weighted by Gasteiger charge is 2.40. The second kappa shape index (κ2) is 7.29. The summed E-state index contributed by atoms with van der Waals surface area (Å²) in [5.41, 5.74) is 0.648. The lowest BCUT2D eigenvalue weighted by Gasteiger charge is -2.26. The number of sulfonamides is 1. The van der Waals surface area contributed by atoms with Crippen molar-refractivity contribution in [1.29, 1.82) is 0 Å². The quantitative estimate of drug-likeness (QED) is 0.442. The third-order valence-electron chi connectivity index (χ3n) is 4.26. The maximum Gasteiger partial charge on any atom is 0.335 e. The molecular weight excluding hydrogens is 372 g/mol. The molecule has 0 radical (unpaired) electrons. The predicted molar refractivity (Wildman–Crippen MR) is 96.3 cm³/mol. The minimum absolute atomic E-state index is 0.0106. The molecular formula is C18H16N2O6S. The number of nitro benzene ring substituents is 1. The maximum atomic E-state index is 13.1. The van der Waals surface area contributed by atoms with Crippen molar-refractivity contribution < 1.29 is 22.9 Å². The first kappa shape index (κ1) is 18.7. The zero-order valence-corrected chi connectivity index (χ0v) is 15.1. The van der Waals surface area contributed by atoms with Gasteiger partial charge in [-0.2, -0.15) is 4.31 Å². The molecule has 2 aromatic carbocycles. The number of methoxy groups -OCH3 is 1. The van der Waals surface area contributed by atoms with Crippen LogP contribution in [0.15, 0.2) is 71.1 Å². The standard InChI is InChI=1S/C18H16N2O6S/c1-26-18(21)16-11-12-19(17(16)13-5-3-2-4-6-13)27(24,25)15-9-7-14(8-10-15)20(22)23/h2-11,17H,12H2,1H3. The van der Waals surface area contributed by atoms with E-state index in [4.69, 9.17) is 4.74 Å². The van der Waals surface area contributed by atoms with Crippen molar-refractivity contribution in [1.82, 2.24) is 4.31 Å². The fourth-order valence-corrected chi connectivity index (χ4v) is 4.50. The number of hydrogen-bond donors (Lipinski definition) is 0. The lowest BCUT2D eigenvalue weighted by atomic mass is 10.0. The van der Waals surface area contributed by atoms with Crippen molar-refractivity contribution in [2.75, 3.05) is 13.7 Å². The molecule has 1 aliphatic heterocycles. The van der Waals surface area contributed by atoms with E-state index in [-0.39, 0.29) is 22.7 Å². The van der Waals surface area contributed by atoms with Crippen LogP contribution in [0.2, 0.25) is 0 Å². The summed E-state index contributed by atoms with van der Waals surface area (Å²) in [6, 6.07) is 12.5. The lowest BCUT2D eigenvalue weighted by molar-refractivity contribution is -0.384. The minimum atomic E-state index is -4.00. The van der Waals surface area contributed by atoms with E-state index in [1.165, 1.54) is 29.6 Å². The van der Waals surface area contributed by atoms with Crippen molar-refractivity contribution in [3.8, 4) is 0 Å². The number of rotatable bonds is 5. The predicted octanol–water partition coefficient (Wildman–Crippen LogP) is 2.44. The van der Waals surface area contributed by atoms with Gasteiger partial charge in [-0.25, -0.2) is 13.2 Å².